The lowest BCUT2D eigenvalue weighted by Gasteiger charge is -2.35. The average molecular weight is 310 g/mol. The molecular weight excluding hydrogens is 288 g/mol. The summed E-state index contributed by atoms with van der Waals surface area (Å²) in [6.07, 6.45) is 5.54. The fourth-order valence-corrected chi connectivity index (χ4v) is 3.41. The highest BCUT2D eigenvalue weighted by atomic mass is 16.5. The van der Waals surface area contributed by atoms with Crippen LogP contribution in [0.5, 0.6) is 0 Å². The van der Waals surface area contributed by atoms with E-state index in [1.54, 1.807) is 0 Å². The van der Waals surface area contributed by atoms with Gasteiger partial charge in [0.2, 0.25) is 0 Å². The van der Waals surface area contributed by atoms with Crippen molar-refractivity contribution in [2.75, 3.05) is 6.54 Å². The molecule has 1 saturated carbocycles. The van der Waals surface area contributed by atoms with Crippen LogP contribution in [0.3, 0.4) is 0 Å². The molecular formula is C19H22N2O2. The van der Waals surface area contributed by atoms with Gasteiger partial charge in [-0.2, -0.15) is 0 Å². The molecule has 0 bridgehead atoms. The zero-order chi connectivity index (χ0) is 15.8. The molecule has 1 aliphatic carbocycles. The number of hydrogen-bond donors (Lipinski definition) is 0. The van der Waals surface area contributed by atoms with E-state index in [9.17, 15) is 4.79 Å². The van der Waals surface area contributed by atoms with E-state index in [1.807, 2.05) is 11.0 Å². The van der Waals surface area contributed by atoms with Gasteiger partial charge in [0, 0.05) is 18.5 Å². The second kappa shape index (κ2) is 5.84. The van der Waals surface area contributed by atoms with Crippen LogP contribution in [-0.4, -0.2) is 22.5 Å². The number of carbonyl (C=O) groups is 1. The Labute approximate surface area is 136 Å². The molecule has 1 saturated heterocycles. The van der Waals surface area contributed by atoms with E-state index in [1.165, 1.54) is 11.1 Å². The first-order valence-corrected chi connectivity index (χ1v) is 8.56. The van der Waals surface area contributed by atoms with Crippen molar-refractivity contribution in [3.8, 4) is 0 Å². The molecule has 23 heavy (non-hydrogen) atoms. The molecule has 120 valence electrons. The van der Waals surface area contributed by atoms with Gasteiger partial charge in [-0.3, -0.25) is 4.79 Å². The minimum Gasteiger partial charge on any atom is -0.360 e. The predicted octanol–water partition coefficient (Wildman–Crippen LogP) is 4.23. The maximum absolute atomic E-state index is 12.9. The molecule has 4 heteroatoms. The Morgan fingerprint density at radius 3 is 2.70 bits per heavy atom. The summed E-state index contributed by atoms with van der Waals surface area (Å²) in [4.78, 5) is 14.9. The zero-order valence-corrected chi connectivity index (χ0v) is 13.5. The van der Waals surface area contributed by atoms with Gasteiger partial charge < -0.3 is 9.42 Å². The van der Waals surface area contributed by atoms with Crippen molar-refractivity contribution in [1.29, 1.82) is 0 Å². The van der Waals surface area contributed by atoms with Gasteiger partial charge in [-0.05, 0) is 44.6 Å². The van der Waals surface area contributed by atoms with Crippen LogP contribution in [0.2, 0.25) is 0 Å². The Kier molecular flexibility index (Phi) is 3.68. The number of amides is 1. The molecule has 2 aromatic rings. The fraction of sp³-hybridized carbons (Fsp3) is 0.474. The lowest BCUT2D eigenvalue weighted by molar-refractivity contribution is 0.0601. The van der Waals surface area contributed by atoms with Gasteiger partial charge in [0.25, 0.3) is 5.91 Å². The van der Waals surface area contributed by atoms with E-state index < -0.39 is 0 Å². The van der Waals surface area contributed by atoms with Gasteiger partial charge in [-0.15, -0.1) is 0 Å². The van der Waals surface area contributed by atoms with Crippen molar-refractivity contribution in [1.82, 2.24) is 10.1 Å². The quantitative estimate of drug-likeness (QED) is 0.852. The molecule has 0 N–H and O–H groups in total. The van der Waals surface area contributed by atoms with E-state index in [2.05, 4.69) is 36.3 Å². The average Bonchev–Trinajstić information content (AvgIpc) is 3.32. The summed E-state index contributed by atoms with van der Waals surface area (Å²) in [5.41, 5.74) is 2.92. The standard InChI is InChI=1S/C19H22N2O2/c1-13-5-7-14(8-6-13)17-4-2-3-11-21(17)19(22)16-12-18(23-20-16)15-9-10-15/h5-8,12,15,17H,2-4,9-11H2,1H3. The molecule has 1 amide bonds. The van der Waals surface area contributed by atoms with E-state index in [0.29, 0.717) is 11.6 Å². The highest BCUT2D eigenvalue weighted by Gasteiger charge is 2.33. The number of piperidine rings is 1. The van der Waals surface area contributed by atoms with Crippen LogP contribution in [-0.2, 0) is 0 Å². The Morgan fingerprint density at radius 2 is 1.96 bits per heavy atom. The molecule has 4 nitrogen and oxygen atoms in total. The maximum Gasteiger partial charge on any atom is 0.276 e. The van der Waals surface area contributed by atoms with Crippen LogP contribution < -0.4 is 0 Å². The second-order valence-electron chi connectivity index (χ2n) is 6.81. The summed E-state index contributed by atoms with van der Waals surface area (Å²) in [6, 6.07) is 10.5. The molecule has 2 heterocycles. The Morgan fingerprint density at radius 1 is 1.17 bits per heavy atom. The molecule has 0 spiro atoms. The Balaban J connectivity index is 1.58. The molecule has 0 radical (unpaired) electrons. The van der Waals surface area contributed by atoms with Crippen molar-refractivity contribution in [3.63, 3.8) is 0 Å². The number of rotatable bonds is 3. The van der Waals surface area contributed by atoms with E-state index in [0.717, 1.165) is 44.4 Å². The second-order valence-corrected chi connectivity index (χ2v) is 6.81. The summed E-state index contributed by atoms with van der Waals surface area (Å²) in [5.74, 6) is 1.36. The smallest absolute Gasteiger partial charge is 0.276 e. The van der Waals surface area contributed by atoms with Crippen LogP contribution in [0.25, 0.3) is 0 Å². The lowest BCUT2D eigenvalue weighted by Crippen LogP contribution is -2.38. The first kappa shape index (κ1) is 14.5. The molecule has 2 fully saturated rings. The minimum absolute atomic E-state index is 0.00549. The third-order valence-electron chi connectivity index (χ3n) is 4.95. The number of aromatic nitrogens is 1. The Bertz CT molecular complexity index is 700. The largest absolute Gasteiger partial charge is 0.360 e. The topological polar surface area (TPSA) is 46.3 Å². The predicted molar refractivity (Wildman–Crippen MR) is 87.3 cm³/mol. The van der Waals surface area contributed by atoms with Gasteiger partial charge >= 0.3 is 0 Å². The summed E-state index contributed by atoms with van der Waals surface area (Å²) < 4.78 is 5.36. The fourth-order valence-electron chi connectivity index (χ4n) is 3.41. The van der Waals surface area contributed by atoms with Gasteiger partial charge in [0.1, 0.15) is 5.76 Å². The van der Waals surface area contributed by atoms with Gasteiger partial charge in [0.05, 0.1) is 6.04 Å². The van der Waals surface area contributed by atoms with Crippen molar-refractivity contribution in [3.05, 3.63) is 52.9 Å². The van der Waals surface area contributed by atoms with Gasteiger partial charge in [0.15, 0.2) is 5.69 Å². The Hall–Kier alpha value is -2.10. The van der Waals surface area contributed by atoms with E-state index in [4.69, 9.17) is 4.52 Å². The van der Waals surface area contributed by atoms with Gasteiger partial charge in [-0.25, -0.2) is 0 Å². The highest BCUT2D eigenvalue weighted by Crippen LogP contribution is 2.40. The summed E-state index contributed by atoms with van der Waals surface area (Å²) in [5, 5.41) is 4.03. The maximum atomic E-state index is 12.9. The molecule has 4 rings (SSSR count). The minimum atomic E-state index is 0.00549. The molecule has 1 aromatic heterocycles. The van der Waals surface area contributed by atoms with Crippen LogP contribution in [0.1, 0.15) is 71.4 Å². The number of hydrogen-bond acceptors (Lipinski definition) is 3. The summed E-state index contributed by atoms with van der Waals surface area (Å²) >= 11 is 0. The number of aryl methyl sites for hydroxylation is 1. The molecule has 1 aromatic carbocycles. The number of carbonyl (C=O) groups excluding carboxylic acids is 1. The van der Waals surface area contributed by atoms with E-state index in [-0.39, 0.29) is 11.9 Å². The summed E-state index contributed by atoms with van der Waals surface area (Å²) in [7, 11) is 0. The van der Waals surface area contributed by atoms with Crippen LogP contribution in [0.4, 0.5) is 0 Å². The first-order chi connectivity index (χ1) is 11.2. The van der Waals surface area contributed by atoms with Crippen LogP contribution >= 0.6 is 0 Å². The van der Waals surface area contributed by atoms with Crippen molar-refractivity contribution in [2.45, 2.75) is 51.0 Å². The number of likely N-dealkylation sites (tertiary alicyclic amines) is 1. The molecule has 1 unspecified atom stereocenters. The number of nitrogens with zero attached hydrogens (tertiary/aromatic N) is 2. The van der Waals surface area contributed by atoms with Crippen molar-refractivity contribution >= 4 is 5.91 Å². The SMILES string of the molecule is Cc1ccc(C2CCCCN2C(=O)c2cc(C3CC3)on2)cc1. The van der Waals surface area contributed by atoms with Crippen LogP contribution in [0, 0.1) is 6.92 Å². The highest BCUT2D eigenvalue weighted by molar-refractivity contribution is 5.92. The number of benzene rings is 1. The summed E-state index contributed by atoms with van der Waals surface area (Å²) in [6.45, 7) is 2.88. The van der Waals surface area contributed by atoms with E-state index >= 15 is 0 Å². The van der Waals surface area contributed by atoms with Gasteiger partial charge in [-0.1, -0.05) is 35.0 Å². The molecule has 1 aliphatic heterocycles. The molecule has 1 atom stereocenters. The lowest BCUT2D eigenvalue weighted by atomic mass is 9.94. The normalized spacial score (nSPS) is 21.4. The third kappa shape index (κ3) is 2.90. The monoisotopic (exact) mass is 310 g/mol. The zero-order valence-electron chi connectivity index (χ0n) is 13.5. The van der Waals surface area contributed by atoms with Crippen LogP contribution in [0.15, 0.2) is 34.9 Å². The first-order valence-electron chi connectivity index (χ1n) is 8.56. The third-order valence-corrected chi connectivity index (χ3v) is 4.95. The molecule has 2 aliphatic rings. The van der Waals surface area contributed by atoms with Crippen molar-refractivity contribution in [2.24, 2.45) is 0 Å². The van der Waals surface area contributed by atoms with Crippen molar-refractivity contribution < 1.29 is 9.32 Å².